The molecule has 2 aromatic carbocycles. The Morgan fingerprint density at radius 3 is 2.43 bits per heavy atom. The number of halogens is 1. The molecule has 0 aromatic heterocycles. The van der Waals surface area contributed by atoms with Crippen LogP contribution in [-0.2, 0) is 4.79 Å². The Hall–Kier alpha value is -2.59. The zero-order valence-electron chi connectivity index (χ0n) is 10.9. The molecule has 0 radical (unpaired) electrons. The maximum Gasteiger partial charge on any atom is 0.335 e. The van der Waals surface area contributed by atoms with Gasteiger partial charge >= 0.3 is 5.97 Å². The van der Waals surface area contributed by atoms with Crippen molar-refractivity contribution in [3.8, 4) is 0 Å². The van der Waals surface area contributed by atoms with E-state index in [4.69, 9.17) is 16.7 Å². The lowest BCUT2D eigenvalue weighted by molar-refractivity contribution is -0.111. The van der Waals surface area contributed by atoms with E-state index in [0.717, 1.165) is 5.56 Å². The van der Waals surface area contributed by atoms with E-state index in [1.54, 1.807) is 24.3 Å². The van der Waals surface area contributed by atoms with Crippen LogP contribution in [0.15, 0.2) is 54.6 Å². The Morgan fingerprint density at radius 1 is 1.10 bits per heavy atom. The Morgan fingerprint density at radius 2 is 1.81 bits per heavy atom. The van der Waals surface area contributed by atoms with Crippen LogP contribution in [0.4, 0.5) is 5.69 Å². The van der Waals surface area contributed by atoms with Crippen LogP contribution in [-0.4, -0.2) is 17.0 Å². The van der Waals surface area contributed by atoms with E-state index in [1.165, 1.54) is 30.3 Å². The summed E-state index contributed by atoms with van der Waals surface area (Å²) in [7, 11) is 0. The van der Waals surface area contributed by atoms with E-state index < -0.39 is 5.97 Å². The molecule has 0 spiro atoms. The fraction of sp³-hybridized carbons (Fsp3) is 0. The lowest BCUT2D eigenvalue weighted by Crippen LogP contribution is -2.08. The predicted octanol–water partition coefficient (Wildman–Crippen LogP) is 3.69. The van der Waals surface area contributed by atoms with Crippen molar-refractivity contribution in [1.29, 1.82) is 0 Å². The van der Waals surface area contributed by atoms with Gasteiger partial charge in [0.25, 0.3) is 0 Å². The number of hydrogen-bond donors (Lipinski definition) is 2. The smallest absolute Gasteiger partial charge is 0.335 e. The first kappa shape index (κ1) is 14.8. The number of anilines is 1. The van der Waals surface area contributed by atoms with Gasteiger partial charge in [-0.3, -0.25) is 4.79 Å². The van der Waals surface area contributed by atoms with Gasteiger partial charge in [0.1, 0.15) is 0 Å². The largest absolute Gasteiger partial charge is 0.478 e. The van der Waals surface area contributed by atoms with Gasteiger partial charge in [0, 0.05) is 16.8 Å². The molecule has 4 nitrogen and oxygen atoms in total. The summed E-state index contributed by atoms with van der Waals surface area (Å²) < 4.78 is 0. The number of carboxylic acids is 1. The molecule has 0 saturated heterocycles. The van der Waals surface area contributed by atoms with E-state index in [0.29, 0.717) is 10.7 Å². The third-order valence-electron chi connectivity index (χ3n) is 2.68. The Bertz CT molecular complexity index is 693. The lowest BCUT2D eigenvalue weighted by atomic mass is 10.2. The highest BCUT2D eigenvalue weighted by atomic mass is 35.5. The first-order chi connectivity index (χ1) is 10.0. The van der Waals surface area contributed by atoms with E-state index in [2.05, 4.69) is 5.32 Å². The molecule has 0 heterocycles. The summed E-state index contributed by atoms with van der Waals surface area (Å²) in [4.78, 5) is 22.5. The summed E-state index contributed by atoms with van der Waals surface area (Å²) in [5, 5.41) is 12.0. The second kappa shape index (κ2) is 6.72. The number of rotatable bonds is 4. The molecule has 2 aromatic rings. The molecule has 2 rings (SSSR count). The van der Waals surface area contributed by atoms with Crippen LogP contribution in [0, 0.1) is 0 Å². The predicted molar refractivity (Wildman–Crippen MR) is 82.5 cm³/mol. The van der Waals surface area contributed by atoms with Gasteiger partial charge in [0.2, 0.25) is 5.91 Å². The molecule has 0 atom stereocenters. The van der Waals surface area contributed by atoms with Crippen LogP contribution in [0.2, 0.25) is 5.02 Å². The normalized spacial score (nSPS) is 10.5. The highest BCUT2D eigenvalue weighted by Crippen LogP contribution is 2.12. The molecular weight excluding hydrogens is 290 g/mol. The topological polar surface area (TPSA) is 66.4 Å². The number of carboxylic acid groups (broad SMARTS) is 1. The quantitative estimate of drug-likeness (QED) is 0.846. The number of nitrogens with one attached hydrogen (secondary N) is 1. The molecule has 0 bridgehead atoms. The Balaban J connectivity index is 1.99. The Kier molecular flexibility index (Phi) is 4.74. The highest BCUT2D eigenvalue weighted by molar-refractivity contribution is 6.30. The van der Waals surface area contributed by atoms with Gasteiger partial charge in [-0.15, -0.1) is 0 Å². The SMILES string of the molecule is O=C(/C=C/c1cccc(Cl)c1)Nc1ccc(C(=O)O)cc1. The number of benzene rings is 2. The molecule has 0 saturated carbocycles. The molecular formula is C16H12ClNO3. The van der Waals surface area contributed by atoms with E-state index in [9.17, 15) is 9.59 Å². The first-order valence-electron chi connectivity index (χ1n) is 6.12. The third kappa shape index (κ3) is 4.47. The van der Waals surface area contributed by atoms with Crippen molar-refractivity contribution in [2.45, 2.75) is 0 Å². The van der Waals surface area contributed by atoms with Crippen molar-refractivity contribution < 1.29 is 14.7 Å². The summed E-state index contributed by atoms with van der Waals surface area (Å²) >= 11 is 5.85. The van der Waals surface area contributed by atoms with Gasteiger partial charge in [-0.2, -0.15) is 0 Å². The minimum atomic E-state index is -1.01. The molecule has 21 heavy (non-hydrogen) atoms. The van der Waals surface area contributed by atoms with Gasteiger partial charge in [-0.25, -0.2) is 4.79 Å². The Labute approximate surface area is 126 Å². The number of carbonyl (C=O) groups excluding carboxylic acids is 1. The minimum Gasteiger partial charge on any atom is -0.478 e. The number of aromatic carboxylic acids is 1. The summed E-state index contributed by atoms with van der Waals surface area (Å²) in [6, 6.07) is 13.1. The van der Waals surface area contributed by atoms with Crippen molar-refractivity contribution in [2.24, 2.45) is 0 Å². The fourth-order valence-electron chi connectivity index (χ4n) is 1.66. The monoisotopic (exact) mass is 301 g/mol. The summed E-state index contributed by atoms with van der Waals surface area (Å²) in [5.74, 6) is -1.31. The zero-order valence-corrected chi connectivity index (χ0v) is 11.7. The maximum atomic E-state index is 11.7. The van der Waals surface area contributed by atoms with Crippen LogP contribution >= 0.6 is 11.6 Å². The van der Waals surface area contributed by atoms with Crippen LogP contribution < -0.4 is 5.32 Å². The van der Waals surface area contributed by atoms with E-state index in [-0.39, 0.29) is 11.5 Å². The summed E-state index contributed by atoms with van der Waals surface area (Å²) in [5.41, 5.74) is 1.52. The van der Waals surface area contributed by atoms with Crippen molar-refractivity contribution in [3.63, 3.8) is 0 Å². The second-order valence-corrected chi connectivity index (χ2v) is 4.70. The third-order valence-corrected chi connectivity index (χ3v) is 2.91. The summed E-state index contributed by atoms with van der Waals surface area (Å²) in [6.45, 7) is 0. The van der Waals surface area contributed by atoms with Crippen molar-refractivity contribution in [1.82, 2.24) is 0 Å². The van der Waals surface area contributed by atoms with Crippen LogP contribution in [0.25, 0.3) is 6.08 Å². The van der Waals surface area contributed by atoms with Crippen LogP contribution in [0.5, 0.6) is 0 Å². The minimum absolute atomic E-state index is 0.169. The van der Waals surface area contributed by atoms with E-state index in [1.807, 2.05) is 6.07 Å². The van der Waals surface area contributed by atoms with Crippen molar-refractivity contribution in [2.75, 3.05) is 5.32 Å². The van der Waals surface area contributed by atoms with Crippen LogP contribution in [0.1, 0.15) is 15.9 Å². The van der Waals surface area contributed by atoms with Gasteiger partial charge in [-0.05, 0) is 48.0 Å². The molecule has 0 aliphatic heterocycles. The standard InChI is InChI=1S/C16H12ClNO3/c17-13-3-1-2-11(10-13)4-9-15(19)18-14-7-5-12(6-8-14)16(20)21/h1-10H,(H,18,19)(H,20,21)/b9-4+. The summed E-state index contributed by atoms with van der Waals surface area (Å²) in [6.07, 6.45) is 3.03. The average molecular weight is 302 g/mol. The van der Waals surface area contributed by atoms with Gasteiger partial charge in [0.05, 0.1) is 5.56 Å². The molecule has 0 unspecified atom stereocenters. The molecule has 1 amide bonds. The van der Waals surface area contributed by atoms with Gasteiger partial charge in [0.15, 0.2) is 0 Å². The lowest BCUT2D eigenvalue weighted by Gasteiger charge is -2.02. The average Bonchev–Trinajstić information content (AvgIpc) is 2.46. The zero-order chi connectivity index (χ0) is 15.2. The molecule has 2 N–H and O–H groups in total. The number of hydrogen-bond acceptors (Lipinski definition) is 2. The highest BCUT2D eigenvalue weighted by Gasteiger charge is 2.02. The van der Waals surface area contributed by atoms with Gasteiger partial charge in [-0.1, -0.05) is 23.7 Å². The van der Waals surface area contributed by atoms with Crippen molar-refractivity contribution >= 4 is 35.2 Å². The number of amides is 1. The van der Waals surface area contributed by atoms with Gasteiger partial charge < -0.3 is 10.4 Å². The first-order valence-corrected chi connectivity index (χ1v) is 6.50. The molecule has 5 heteroatoms. The molecule has 0 aliphatic carbocycles. The maximum absolute atomic E-state index is 11.7. The fourth-order valence-corrected chi connectivity index (χ4v) is 1.86. The number of carbonyl (C=O) groups is 2. The van der Waals surface area contributed by atoms with Crippen LogP contribution in [0.3, 0.4) is 0 Å². The second-order valence-electron chi connectivity index (χ2n) is 4.26. The van der Waals surface area contributed by atoms with E-state index >= 15 is 0 Å². The molecule has 0 aliphatic rings. The molecule has 0 fully saturated rings. The van der Waals surface area contributed by atoms with Crippen molar-refractivity contribution in [3.05, 3.63) is 70.8 Å². The molecule has 106 valence electrons.